The number of nitrogens with one attached hydrogen (secondary N) is 3. The second kappa shape index (κ2) is 12.5. The van der Waals surface area contributed by atoms with Crippen molar-refractivity contribution in [2.45, 2.75) is 70.1 Å². The lowest BCUT2D eigenvalue weighted by molar-refractivity contribution is -0.150. The van der Waals surface area contributed by atoms with E-state index in [1.165, 1.54) is 4.90 Å². The van der Waals surface area contributed by atoms with Gasteiger partial charge in [0, 0.05) is 23.6 Å². The molecule has 4 amide bonds. The summed E-state index contributed by atoms with van der Waals surface area (Å²) in [5.74, 6) is -4.22. The maximum absolute atomic E-state index is 13.3. The second-order valence-electron chi connectivity index (χ2n) is 9.80. The number of likely N-dealkylation sites (tertiary alicyclic amines) is 1. The van der Waals surface area contributed by atoms with Gasteiger partial charge >= 0.3 is 5.97 Å². The Balaban J connectivity index is 1.72. The van der Waals surface area contributed by atoms with Crippen LogP contribution in [0.25, 0.3) is 10.9 Å². The van der Waals surface area contributed by atoms with Crippen molar-refractivity contribution in [3.05, 3.63) is 36.0 Å². The number of benzene rings is 1. The van der Waals surface area contributed by atoms with Crippen LogP contribution in [-0.2, 0) is 30.4 Å². The average Bonchev–Trinajstić information content (AvgIpc) is 3.53. The lowest BCUT2D eigenvalue weighted by Gasteiger charge is -2.31. The van der Waals surface area contributed by atoms with Crippen molar-refractivity contribution in [2.24, 2.45) is 17.4 Å². The largest absolute Gasteiger partial charge is 0.480 e. The minimum Gasteiger partial charge on any atom is -0.480 e. The Bertz CT molecular complexity index is 1200. The molecule has 8 N–H and O–H groups in total. The maximum Gasteiger partial charge on any atom is 0.326 e. The van der Waals surface area contributed by atoms with Gasteiger partial charge in [0.25, 0.3) is 0 Å². The quantitative estimate of drug-likeness (QED) is 0.222. The molecule has 38 heavy (non-hydrogen) atoms. The van der Waals surface area contributed by atoms with Crippen LogP contribution < -0.4 is 22.1 Å². The molecular weight excluding hydrogens is 492 g/mol. The van der Waals surface area contributed by atoms with Crippen molar-refractivity contribution in [2.75, 3.05) is 6.54 Å². The molecule has 1 fully saturated rings. The van der Waals surface area contributed by atoms with Gasteiger partial charge in [-0.1, -0.05) is 38.5 Å². The fourth-order valence-corrected chi connectivity index (χ4v) is 4.72. The predicted molar refractivity (Wildman–Crippen MR) is 139 cm³/mol. The van der Waals surface area contributed by atoms with Crippen molar-refractivity contribution in [1.29, 1.82) is 0 Å². The number of H-pyrrole nitrogens is 1. The molecule has 0 aliphatic carbocycles. The lowest BCUT2D eigenvalue weighted by Crippen LogP contribution is -2.59. The molecule has 1 aromatic carbocycles. The molecule has 1 aliphatic heterocycles. The van der Waals surface area contributed by atoms with E-state index in [-0.39, 0.29) is 18.9 Å². The van der Waals surface area contributed by atoms with Gasteiger partial charge in [0.05, 0.1) is 12.5 Å². The van der Waals surface area contributed by atoms with Crippen molar-refractivity contribution >= 4 is 40.5 Å². The molecule has 2 aromatic rings. The van der Waals surface area contributed by atoms with Crippen LogP contribution in [0.1, 0.15) is 45.1 Å². The zero-order valence-electron chi connectivity index (χ0n) is 21.6. The van der Waals surface area contributed by atoms with Crippen molar-refractivity contribution < 1.29 is 29.1 Å². The van der Waals surface area contributed by atoms with E-state index < -0.39 is 60.2 Å². The van der Waals surface area contributed by atoms with E-state index in [1.807, 2.05) is 31.2 Å². The van der Waals surface area contributed by atoms with E-state index in [1.54, 1.807) is 13.1 Å². The number of para-hydroxylation sites is 1. The van der Waals surface area contributed by atoms with Crippen molar-refractivity contribution in [3.63, 3.8) is 0 Å². The fourth-order valence-electron chi connectivity index (χ4n) is 4.72. The molecule has 0 unspecified atom stereocenters. The monoisotopic (exact) mass is 528 g/mol. The molecule has 0 bridgehead atoms. The number of aromatic nitrogens is 1. The van der Waals surface area contributed by atoms with Crippen LogP contribution in [0.2, 0.25) is 0 Å². The summed E-state index contributed by atoms with van der Waals surface area (Å²) in [5, 5.41) is 15.5. The van der Waals surface area contributed by atoms with Crippen LogP contribution in [0.5, 0.6) is 0 Å². The molecule has 2 heterocycles. The Hall–Kier alpha value is -3.93. The third kappa shape index (κ3) is 6.68. The minimum absolute atomic E-state index is 0.181. The van der Waals surface area contributed by atoms with Gasteiger partial charge in [-0.15, -0.1) is 0 Å². The number of aliphatic carboxylic acids is 1. The summed E-state index contributed by atoms with van der Waals surface area (Å²) >= 11 is 0. The van der Waals surface area contributed by atoms with Gasteiger partial charge in [-0.25, -0.2) is 4.79 Å². The molecule has 0 spiro atoms. The highest BCUT2D eigenvalue weighted by molar-refractivity contribution is 5.96. The van der Waals surface area contributed by atoms with Gasteiger partial charge in [-0.05, 0) is 36.8 Å². The standard InChI is InChI=1S/C26H36N6O6/c1-3-14(2)22(25(36)32-10-6-9-20(32)26(37)38)31-24(35)19(12-21(28)33)30-23(34)17(27)11-15-13-29-18-8-5-4-7-16(15)18/h4-5,7-8,13-14,17,19-20,22,29H,3,6,9-12,27H2,1-2H3,(H2,28,33)(H,30,34)(H,31,35)(H,37,38)/t14-,17-,19-,20-,22-/m0/s1. The van der Waals surface area contributed by atoms with Crippen molar-refractivity contribution in [3.8, 4) is 0 Å². The number of hydrogen-bond acceptors (Lipinski definition) is 6. The number of amides is 4. The molecule has 0 saturated carbocycles. The van der Waals surface area contributed by atoms with Gasteiger partial charge in [0.15, 0.2) is 0 Å². The number of carboxylic acid groups (broad SMARTS) is 1. The molecule has 1 aliphatic rings. The molecule has 206 valence electrons. The van der Waals surface area contributed by atoms with E-state index in [9.17, 15) is 29.1 Å². The SMILES string of the molecule is CC[C@H](C)[C@H](NC(=O)[C@H](CC(N)=O)NC(=O)[C@@H](N)Cc1c[nH]c2ccccc12)C(=O)N1CCC[C@H]1C(=O)O. The highest BCUT2D eigenvalue weighted by atomic mass is 16.4. The number of aromatic amines is 1. The predicted octanol–water partition coefficient (Wildman–Crippen LogP) is 0.00440. The van der Waals surface area contributed by atoms with Crippen molar-refractivity contribution in [1.82, 2.24) is 20.5 Å². The summed E-state index contributed by atoms with van der Waals surface area (Å²) in [6.07, 6.45) is 2.83. The second-order valence-corrected chi connectivity index (χ2v) is 9.80. The molecule has 3 rings (SSSR count). The number of carboxylic acids is 1. The van der Waals surface area contributed by atoms with Gasteiger partial charge in [0.1, 0.15) is 18.1 Å². The summed E-state index contributed by atoms with van der Waals surface area (Å²) in [6.45, 7) is 3.86. The van der Waals surface area contributed by atoms with Gasteiger partial charge < -0.3 is 37.1 Å². The molecular formula is C26H36N6O6. The molecule has 0 radical (unpaired) electrons. The van der Waals surface area contributed by atoms with E-state index in [0.29, 0.717) is 19.3 Å². The van der Waals surface area contributed by atoms with Crippen LogP contribution in [-0.4, -0.2) is 75.3 Å². The highest BCUT2D eigenvalue weighted by Crippen LogP contribution is 2.22. The van der Waals surface area contributed by atoms with E-state index >= 15 is 0 Å². The zero-order valence-corrected chi connectivity index (χ0v) is 21.6. The number of carbonyl (C=O) groups excluding carboxylic acids is 4. The topological polar surface area (TPSA) is 201 Å². The Morgan fingerprint density at radius 2 is 1.87 bits per heavy atom. The Morgan fingerprint density at radius 3 is 2.53 bits per heavy atom. The molecule has 12 nitrogen and oxygen atoms in total. The van der Waals surface area contributed by atoms with Crippen LogP contribution in [0.3, 0.4) is 0 Å². The number of rotatable bonds is 12. The number of hydrogen-bond donors (Lipinski definition) is 6. The molecule has 5 atom stereocenters. The molecule has 12 heteroatoms. The summed E-state index contributed by atoms with van der Waals surface area (Å²) < 4.78 is 0. The zero-order chi connectivity index (χ0) is 28.0. The first-order chi connectivity index (χ1) is 18.0. The number of carbonyl (C=O) groups is 5. The highest BCUT2D eigenvalue weighted by Gasteiger charge is 2.40. The first-order valence-corrected chi connectivity index (χ1v) is 12.8. The van der Waals surface area contributed by atoms with E-state index in [2.05, 4.69) is 15.6 Å². The maximum atomic E-state index is 13.3. The normalized spacial score (nSPS) is 18.4. The van der Waals surface area contributed by atoms with E-state index in [4.69, 9.17) is 11.5 Å². The van der Waals surface area contributed by atoms with Gasteiger partial charge in [0.2, 0.25) is 23.6 Å². The van der Waals surface area contributed by atoms with E-state index in [0.717, 1.165) is 16.5 Å². The Kier molecular flexibility index (Phi) is 9.45. The molecule has 1 saturated heterocycles. The first-order valence-electron chi connectivity index (χ1n) is 12.8. The van der Waals surface area contributed by atoms with Crippen LogP contribution in [0, 0.1) is 5.92 Å². The summed E-state index contributed by atoms with van der Waals surface area (Å²) in [7, 11) is 0. The van der Waals surface area contributed by atoms with Crippen LogP contribution in [0.4, 0.5) is 0 Å². The third-order valence-electron chi connectivity index (χ3n) is 7.09. The average molecular weight is 529 g/mol. The summed E-state index contributed by atoms with van der Waals surface area (Å²) in [6, 6.07) is 3.16. The number of nitrogens with two attached hydrogens (primary N) is 2. The third-order valence-corrected chi connectivity index (χ3v) is 7.09. The van der Waals surface area contributed by atoms with Crippen LogP contribution in [0.15, 0.2) is 30.5 Å². The number of primary amides is 1. The Labute approximate surface area is 220 Å². The van der Waals surface area contributed by atoms with Gasteiger partial charge in [-0.2, -0.15) is 0 Å². The molecule has 1 aromatic heterocycles. The summed E-state index contributed by atoms with van der Waals surface area (Å²) in [5.41, 5.74) is 13.2. The first kappa shape index (κ1) is 28.6. The smallest absolute Gasteiger partial charge is 0.326 e. The lowest BCUT2D eigenvalue weighted by atomic mass is 9.96. The minimum atomic E-state index is -1.36. The summed E-state index contributed by atoms with van der Waals surface area (Å²) in [4.78, 5) is 67.2. The fraction of sp³-hybridized carbons (Fsp3) is 0.500. The van der Waals surface area contributed by atoms with Gasteiger partial charge in [-0.3, -0.25) is 19.2 Å². The number of nitrogens with zero attached hydrogens (tertiary/aromatic N) is 1. The number of fused-ring (bicyclic) bond motifs is 1. The Morgan fingerprint density at radius 1 is 1.16 bits per heavy atom. The van der Waals surface area contributed by atoms with Crippen LogP contribution >= 0.6 is 0 Å².